The first-order valence-electron chi connectivity index (χ1n) is 17.9. The van der Waals surface area contributed by atoms with Crippen LogP contribution in [-0.4, -0.2) is 77.5 Å². The van der Waals surface area contributed by atoms with Crippen molar-refractivity contribution in [3.8, 4) is 0 Å². The maximum atomic E-state index is 13.4. The van der Waals surface area contributed by atoms with Gasteiger partial charge in [-0.15, -0.1) is 0 Å². The standard InChI is InChI=1S/C19H24N4O4.C17H18F2N6O/c1-21-17-13(22-10-8-12(27-2)9-11-22)4-3-5-14(17)23(19(21)26)15-6-7-16(24)20-18(15)25;18-15(19)14-13(10-25(23-14)11-5-2-1-3-6-11)22-17(26)12-9-21-24-8-4-7-20-16(12)24/h3-5,12,15H,6-11H2,1-2H3,(H,20,24,25);4,7-11,15H,1-3,5-6H2,(H,22,26). The Hall–Kier alpha value is -5.45. The minimum atomic E-state index is -2.77. The van der Waals surface area contributed by atoms with Crippen molar-refractivity contribution in [3.63, 3.8) is 0 Å². The van der Waals surface area contributed by atoms with Gasteiger partial charge in [-0.05, 0) is 50.3 Å². The van der Waals surface area contributed by atoms with Gasteiger partial charge in [-0.1, -0.05) is 25.3 Å². The van der Waals surface area contributed by atoms with Crippen molar-refractivity contribution in [2.75, 3.05) is 30.4 Å². The molecule has 2 aliphatic heterocycles. The van der Waals surface area contributed by atoms with Gasteiger partial charge in [0.25, 0.3) is 12.3 Å². The van der Waals surface area contributed by atoms with Crippen molar-refractivity contribution in [2.45, 2.75) is 82.4 Å². The summed E-state index contributed by atoms with van der Waals surface area (Å²) in [4.78, 5) is 55.7. The van der Waals surface area contributed by atoms with Gasteiger partial charge in [0.1, 0.15) is 11.6 Å². The maximum absolute atomic E-state index is 13.4. The molecule has 1 aliphatic carbocycles. The smallest absolute Gasteiger partial charge is 0.329 e. The number of benzene rings is 1. The number of carbonyl (C=O) groups is 3. The van der Waals surface area contributed by atoms with Gasteiger partial charge in [0, 0.05) is 52.3 Å². The van der Waals surface area contributed by atoms with Crippen molar-refractivity contribution in [2.24, 2.45) is 7.05 Å². The number of hydrogen-bond donors (Lipinski definition) is 2. The van der Waals surface area contributed by atoms with E-state index in [1.54, 1.807) is 41.9 Å². The number of hydrogen-bond acceptors (Lipinski definition) is 9. The summed E-state index contributed by atoms with van der Waals surface area (Å²) in [6, 6.07) is 6.93. The second-order valence-electron chi connectivity index (χ2n) is 13.6. The maximum Gasteiger partial charge on any atom is 0.329 e. The number of imidazole rings is 1. The van der Waals surface area contributed by atoms with E-state index in [0.29, 0.717) is 12.1 Å². The third kappa shape index (κ3) is 7.17. The zero-order chi connectivity index (χ0) is 37.2. The largest absolute Gasteiger partial charge is 0.381 e. The number of fused-ring (bicyclic) bond motifs is 2. The average molecular weight is 733 g/mol. The van der Waals surface area contributed by atoms with E-state index in [-0.39, 0.29) is 41.4 Å². The van der Waals surface area contributed by atoms with Crippen LogP contribution in [0, 0.1) is 0 Å². The van der Waals surface area contributed by atoms with Crippen LogP contribution in [0.15, 0.2) is 53.8 Å². The number of nitrogens with one attached hydrogen (secondary N) is 2. The Morgan fingerprint density at radius 3 is 2.53 bits per heavy atom. The quantitative estimate of drug-likeness (QED) is 0.229. The van der Waals surface area contributed by atoms with Crippen molar-refractivity contribution < 1.29 is 27.9 Å². The van der Waals surface area contributed by atoms with E-state index in [1.165, 1.54) is 21.5 Å². The van der Waals surface area contributed by atoms with E-state index in [1.807, 2.05) is 18.2 Å². The number of anilines is 2. The van der Waals surface area contributed by atoms with Crippen LogP contribution in [-0.2, 0) is 21.4 Å². The molecule has 0 spiro atoms. The molecule has 0 radical (unpaired) electrons. The number of aromatic nitrogens is 7. The fourth-order valence-corrected chi connectivity index (χ4v) is 7.61. The molecule has 1 unspecified atom stereocenters. The zero-order valence-corrected chi connectivity index (χ0v) is 29.6. The molecular weight excluding hydrogens is 690 g/mol. The predicted octanol–water partition coefficient (Wildman–Crippen LogP) is 4.55. The van der Waals surface area contributed by atoms with Crippen LogP contribution in [0.1, 0.15) is 92.3 Å². The number of carbonyl (C=O) groups excluding carboxylic acids is 3. The summed E-state index contributed by atoms with van der Waals surface area (Å²) in [5.74, 6) is -1.23. The molecule has 2 N–H and O–H groups in total. The Morgan fingerprint density at radius 1 is 1.04 bits per heavy atom. The van der Waals surface area contributed by atoms with Gasteiger partial charge in [0.15, 0.2) is 11.3 Å². The van der Waals surface area contributed by atoms with Crippen molar-refractivity contribution >= 4 is 45.8 Å². The van der Waals surface area contributed by atoms with Gasteiger partial charge in [0.05, 0.1) is 40.8 Å². The second-order valence-corrected chi connectivity index (χ2v) is 13.6. The number of ether oxygens (including phenoxy) is 1. The number of methoxy groups -OCH3 is 1. The fraction of sp³-hybridized carbons (Fsp3) is 0.472. The van der Waals surface area contributed by atoms with E-state index in [0.717, 1.165) is 74.8 Å². The summed E-state index contributed by atoms with van der Waals surface area (Å²) in [7, 11) is 3.48. The van der Waals surface area contributed by atoms with E-state index < -0.39 is 30.0 Å². The molecule has 3 fully saturated rings. The normalized spacial score (nSPS) is 18.7. The SMILES string of the molecule is COC1CCN(c2cccc3c2n(C)c(=O)n3C2CCC(=O)NC2=O)CC1.O=C(Nc1cn(C2CCCCC2)nc1C(F)F)c1cnn2cccnc12. The highest BCUT2D eigenvalue weighted by Crippen LogP contribution is 2.33. The minimum Gasteiger partial charge on any atom is -0.381 e. The van der Waals surface area contributed by atoms with Crippen LogP contribution in [0.5, 0.6) is 0 Å². The van der Waals surface area contributed by atoms with E-state index in [2.05, 4.69) is 30.7 Å². The molecule has 1 atom stereocenters. The van der Waals surface area contributed by atoms with Crippen LogP contribution in [0.25, 0.3) is 16.7 Å². The van der Waals surface area contributed by atoms with Gasteiger partial charge in [-0.2, -0.15) is 10.2 Å². The lowest BCUT2D eigenvalue weighted by Gasteiger charge is -2.33. The van der Waals surface area contributed by atoms with E-state index in [9.17, 15) is 28.0 Å². The van der Waals surface area contributed by atoms with Crippen molar-refractivity contribution in [1.82, 2.24) is 38.8 Å². The fourth-order valence-electron chi connectivity index (χ4n) is 7.61. The number of amides is 3. The first-order valence-corrected chi connectivity index (χ1v) is 17.9. The van der Waals surface area contributed by atoms with Crippen molar-refractivity contribution in [3.05, 3.63) is 70.8 Å². The monoisotopic (exact) mass is 732 g/mol. The van der Waals surface area contributed by atoms with Crippen LogP contribution in [0.2, 0.25) is 0 Å². The summed E-state index contributed by atoms with van der Waals surface area (Å²) in [6.07, 6.45) is 11.1. The molecule has 5 aromatic rings. The van der Waals surface area contributed by atoms with Crippen LogP contribution < -0.4 is 21.2 Å². The molecule has 0 bridgehead atoms. The lowest BCUT2D eigenvalue weighted by molar-refractivity contribution is -0.135. The van der Waals surface area contributed by atoms with Gasteiger partial charge >= 0.3 is 5.69 Å². The molecule has 6 heterocycles. The summed E-state index contributed by atoms with van der Waals surface area (Å²) >= 11 is 0. The van der Waals surface area contributed by atoms with Gasteiger partial charge in [-0.25, -0.2) is 23.1 Å². The van der Waals surface area contributed by atoms with Crippen LogP contribution >= 0.6 is 0 Å². The molecule has 4 aromatic heterocycles. The minimum absolute atomic E-state index is 0.0332. The third-order valence-electron chi connectivity index (χ3n) is 10.4. The highest BCUT2D eigenvalue weighted by molar-refractivity contribution is 6.08. The molecule has 8 rings (SSSR count). The van der Waals surface area contributed by atoms with Crippen molar-refractivity contribution in [1.29, 1.82) is 0 Å². The zero-order valence-electron chi connectivity index (χ0n) is 29.6. The third-order valence-corrected chi connectivity index (χ3v) is 10.4. The van der Waals surface area contributed by atoms with E-state index >= 15 is 0 Å². The highest BCUT2D eigenvalue weighted by Gasteiger charge is 2.32. The molecule has 1 saturated carbocycles. The summed E-state index contributed by atoms with van der Waals surface area (Å²) < 4.78 is 38.4. The first kappa shape index (κ1) is 35.9. The lowest BCUT2D eigenvalue weighted by Crippen LogP contribution is -2.44. The Labute approximate surface area is 302 Å². The molecular formula is C36H42F2N10O5. The summed E-state index contributed by atoms with van der Waals surface area (Å²) in [6.45, 7) is 1.71. The molecule has 1 aromatic carbocycles. The van der Waals surface area contributed by atoms with E-state index in [4.69, 9.17) is 4.74 Å². The van der Waals surface area contributed by atoms with Gasteiger partial charge in [-0.3, -0.25) is 33.5 Å². The van der Waals surface area contributed by atoms with Gasteiger partial charge < -0.3 is 15.0 Å². The number of imide groups is 1. The molecule has 15 nitrogen and oxygen atoms in total. The number of para-hydroxylation sites is 1. The Morgan fingerprint density at radius 2 is 1.81 bits per heavy atom. The number of aryl methyl sites for hydroxylation is 1. The summed E-state index contributed by atoms with van der Waals surface area (Å²) in [5, 5.41) is 13.0. The Bertz CT molecular complexity index is 2190. The number of piperidine rings is 2. The number of halogens is 2. The molecule has 2 saturated heterocycles. The number of alkyl halides is 2. The van der Waals surface area contributed by atoms with Crippen LogP contribution in [0.4, 0.5) is 20.2 Å². The average Bonchev–Trinajstić information content (AvgIpc) is 3.87. The second kappa shape index (κ2) is 15.3. The van der Waals surface area contributed by atoms with Gasteiger partial charge in [0.2, 0.25) is 11.8 Å². The molecule has 53 heavy (non-hydrogen) atoms. The lowest BCUT2D eigenvalue weighted by atomic mass is 9.96. The number of rotatable bonds is 7. The molecule has 17 heteroatoms. The number of nitrogens with zero attached hydrogens (tertiary/aromatic N) is 8. The first-order chi connectivity index (χ1) is 25.6. The van der Waals surface area contributed by atoms with Crippen LogP contribution in [0.3, 0.4) is 0 Å². The highest BCUT2D eigenvalue weighted by atomic mass is 19.3. The summed E-state index contributed by atoms with van der Waals surface area (Å²) in [5.41, 5.74) is 2.51. The molecule has 3 aliphatic rings. The topological polar surface area (TPSA) is 163 Å². The Kier molecular flexibility index (Phi) is 10.3. The molecule has 280 valence electrons. The molecule has 3 amide bonds. The Balaban J connectivity index is 0.000000164. The predicted molar refractivity (Wildman–Crippen MR) is 191 cm³/mol.